The summed E-state index contributed by atoms with van der Waals surface area (Å²) in [6, 6.07) is 4.06. The van der Waals surface area contributed by atoms with Crippen LogP contribution in [0.4, 0.5) is 11.4 Å². The van der Waals surface area contributed by atoms with Gasteiger partial charge in [-0.3, -0.25) is 0 Å². The second-order valence-electron chi connectivity index (χ2n) is 5.44. The van der Waals surface area contributed by atoms with Crippen molar-refractivity contribution >= 4 is 32.9 Å². The Morgan fingerprint density at radius 2 is 2.16 bits per heavy atom. The quantitative estimate of drug-likeness (QED) is 0.752. The van der Waals surface area contributed by atoms with Crippen LogP contribution in [-0.4, -0.2) is 23.2 Å². The highest BCUT2D eigenvalue weighted by Crippen LogP contribution is 2.38. The highest BCUT2D eigenvalue weighted by molar-refractivity contribution is 7.16. The van der Waals surface area contributed by atoms with Crippen LogP contribution in [0.15, 0.2) is 17.6 Å². The summed E-state index contributed by atoms with van der Waals surface area (Å²) in [5.41, 5.74) is 10.5. The van der Waals surface area contributed by atoms with Crippen LogP contribution >= 0.6 is 11.3 Å². The van der Waals surface area contributed by atoms with E-state index in [0.29, 0.717) is 5.69 Å². The van der Waals surface area contributed by atoms with Gasteiger partial charge in [-0.15, -0.1) is 11.3 Å². The fourth-order valence-corrected chi connectivity index (χ4v) is 3.60. The Morgan fingerprint density at radius 3 is 2.89 bits per heavy atom. The number of nitrogens with zero attached hydrogens (tertiary/aromatic N) is 1. The smallest absolute Gasteiger partial charge is 0.106 e. The van der Waals surface area contributed by atoms with E-state index in [1.54, 1.807) is 11.3 Å². The average molecular weight is 277 g/mol. The first-order valence-electron chi connectivity index (χ1n) is 6.70. The SMILES string of the molecule is Nc1c(NCC2(CO)CCCC2)ccc2scnc12. The van der Waals surface area contributed by atoms with Crippen LogP contribution in [0.2, 0.25) is 0 Å². The molecule has 3 rings (SSSR count). The molecule has 5 heteroatoms. The molecule has 1 saturated carbocycles. The largest absolute Gasteiger partial charge is 0.396 e. The summed E-state index contributed by atoms with van der Waals surface area (Å²) in [6.07, 6.45) is 4.61. The van der Waals surface area contributed by atoms with Gasteiger partial charge in [-0.25, -0.2) is 4.98 Å². The van der Waals surface area contributed by atoms with Gasteiger partial charge in [0.2, 0.25) is 0 Å². The molecule has 4 N–H and O–H groups in total. The molecule has 0 saturated heterocycles. The number of benzene rings is 1. The number of aliphatic hydroxyl groups excluding tert-OH is 1. The molecule has 4 nitrogen and oxygen atoms in total. The number of anilines is 2. The number of aliphatic hydroxyl groups is 1. The molecule has 0 atom stereocenters. The minimum absolute atomic E-state index is 0.0312. The Morgan fingerprint density at radius 1 is 1.37 bits per heavy atom. The molecule has 1 aromatic heterocycles. The summed E-state index contributed by atoms with van der Waals surface area (Å²) in [4.78, 5) is 4.30. The van der Waals surface area contributed by atoms with E-state index in [9.17, 15) is 5.11 Å². The van der Waals surface area contributed by atoms with Gasteiger partial charge in [0.05, 0.1) is 28.2 Å². The third-order valence-electron chi connectivity index (χ3n) is 4.19. The number of hydrogen-bond acceptors (Lipinski definition) is 5. The topological polar surface area (TPSA) is 71.2 Å². The molecule has 0 aliphatic heterocycles. The van der Waals surface area contributed by atoms with E-state index in [2.05, 4.69) is 10.3 Å². The minimum Gasteiger partial charge on any atom is -0.396 e. The number of fused-ring (bicyclic) bond motifs is 1. The summed E-state index contributed by atoms with van der Waals surface area (Å²) in [7, 11) is 0. The van der Waals surface area contributed by atoms with Crippen molar-refractivity contribution in [1.29, 1.82) is 0 Å². The van der Waals surface area contributed by atoms with E-state index in [1.165, 1.54) is 12.8 Å². The van der Waals surface area contributed by atoms with E-state index >= 15 is 0 Å². The summed E-state index contributed by atoms with van der Waals surface area (Å²) < 4.78 is 1.11. The van der Waals surface area contributed by atoms with Gasteiger partial charge in [0, 0.05) is 12.0 Å². The van der Waals surface area contributed by atoms with E-state index in [1.807, 2.05) is 17.6 Å². The van der Waals surface area contributed by atoms with Crippen molar-refractivity contribution in [3.8, 4) is 0 Å². The molecule has 1 aliphatic rings. The van der Waals surface area contributed by atoms with Gasteiger partial charge in [0.25, 0.3) is 0 Å². The van der Waals surface area contributed by atoms with Crippen LogP contribution in [0.3, 0.4) is 0 Å². The Hall–Kier alpha value is -1.33. The van der Waals surface area contributed by atoms with E-state index in [-0.39, 0.29) is 12.0 Å². The van der Waals surface area contributed by atoms with Gasteiger partial charge in [-0.1, -0.05) is 12.8 Å². The third-order valence-corrected chi connectivity index (χ3v) is 4.99. The standard InChI is InChI=1S/C14H19N3OS/c15-12-10(3-4-11-13(12)17-9-19-11)16-7-14(8-18)5-1-2-6-14/h3-4,9,16,18H,1-2,5-8,15H2. The maximum absolute atomic E-state index is 9.62. The molecule has 1 aromatic carbocycles. The second-order valence-corrected chi connectivity index (χ2v) is 6.33. The Labute approximate surface area is 116 Å². The molecular weight excluding hydrogens is 258 g/mol. The van der Waals surface area contributed by atoms with Crippen LogP contribution < -0.4 is 11.1 Å². The molecule has 0 bridgehead atoms. The molecule has 102 valence electrons. The van der Waals surface area contributed by atoms with Crippen molar-refractivity contribution in [3.63, 3.8) is 0 Å². The van der Waals surface area contributed by atoms with Crippen molar-refractivity contribution in [3.05, 3.63) is 17.6 Å². The first kappa shape index (κ1) is 12.7. The number of thiazole rings is 1. The van der Waals surface area contributed by atoms with Crippen molar-refractivity contribution in [1.82, 2.24) is 4.98 Å². The number of nitrogen functional groups attached to an aromatic ring is 1. The molecule has 1 aliphatic carbocycles. The fourth-order valence-electron chi connectivity index (χ4n) is 2.90. The highest BCUT2D eigenvalue weighted by Gasteiger charge is 2.33. The summed E-state index contributed by atoms with van der Waals surface area (Å²) >= 11 is 1.60. The van der Waals surface area contributed by atoms with Crippen LogP contribution in [0.1, 0.15) is 25.7 Å². The monoisotopic (exact) mass is 277 g/mol. The van der Waals surface area contributed by atoms with Crippen LogP contribution in [0.25, 0.3) is 10.2 Å². The predicted octanol–water partition coefficient (Wildman–Crippen LogP) is 2.84. The Bertz CT molecular complexity index is 575. The number of hydrogen-bond donors (Lipinski definition) is 3. The zero-order valence-corrected chi connectivity index (χ0v) is 11.7. The van der Waals surface area contributed by atoms with E-state index in [0.717, 1.165) is 35.3 Å². The van der Waals surface area contributed by atoms with Gasteiger partial charge < -0.3 is 16.2 Å². The lowest BCUT2D eigenvalue weighted by Crippen LogP contribution is -2.30. The number of aromatic nitrogens is 1. The van der Waals surface area contributed by atoms with E-state index < -0.39 is 0 Å². The molecule has 0 amide bonds. The summed E-state index contributed by atoms with van der Waals surface area (Å²) in [5, 5.41) is 13.0. The molecule has 2 aromatic rings. The summed E-state index contributed by atoms with van der Waals surface area (Å²) in [6.45, 7) is 1.03. The van der Waals surface area contributed by atoms with E-state index in [4.69, 9.17) is 5.73 Å². The number of nitrogens with one attached hydrogen (secondary N) is 1. The molecule has 0 spiro atoms. The predicted molar refractivity (Wildman–Crippen MR) is 80.5 cm³/mol. The van der Waals surface area contributed by atoms with Gasteiger partial charge in [-0.05, 0) is 25.0 Å². The number of rotatable bonds is 4. The molecule has 0 radical (unpaired) electrons. The highest BCUT2D eigenvalue weighted by atomic mass is 32.1. The van der Waals surface area contributed by atoms with Gasteiger partial charge in [0.15, 0.2) is 0 Å². The van der Waals surface area contributed by atoms with Crippen LogP contribution in [0.5, 0.6) is 0 Å². The maximum Gasteiger partial charge on any atom is 0.106 e. The van der Waals surface area contributed by atoms with Crippen molar-refractivity contribution in [2.24, 2.45) is 5.41 Å². The second kappa shape index (κ2) is 4.98. The normalized spacial score (nSPS) is 17.9. The maximum atomic E-state index is 9.62. The third kappa shape index (κ3) is 2.28. The van der Waals surface area contributed by atoms with Crippen LogP contribution in [-0.2, 0) is 0 Å². The molecule has 1 fully saturated rings. The molecule has 19 heavy (non-hydrogen) atoms. The zero-order chi connectivity index (χ0) is 13.3. The zero-order valence-electron chi connectivity index (χ0n) is 10.9. The first-order valence-corrected chi connectivity index (χ1v) is 7.58. The molecule has 0 unspecified atom stereocenters. The van der Waals surface area contributed by atoms with Crippen LogP contribution in [0, 0.1) is 5.41 Å². The first-order chi connectivity index (χ1) is 9.24. The van der Waals surface area contributed by atoms with Crippen molar-refractivity contribution in [2.75, 3.05) is 24.2 Å². The molecule has 1 heterocycles. The van der Waals surface area contributed by atoms with Gasteiger partial charge >= 0.3 is 0 Å². The Kier molecular flexibility index (Phi) is 3.33. The lowest BCUT2D eigenvalue weighted by atomic mass is 9.87. The number of nitrogens with two attached hydrogens (primary N) is 1. The van der Waals surface area contributed by atoms with Gasteiger partial charge in [-0.2, -0.15) is 0 Å². The lowest BCUT2D eigenvalue weighted by molar-refractivity contribution is 0.142. The van der Waals surface area contributed by atoms with Gasteiger partial charge in [0.1, 0.15) is 5.52 Å². The van der Waals surface area contributed by atoms with Crippen molar-refractivity contribution in [2.45, 2.75) is 25.7 Å². The Balaban J connectivity index is 1.79. The van der Waals surface area contributed by atoms with Crippen molar-refractivity contribution < 1.29 is 5.11 Å². The fraction of sp³-hybridized carbons (Fsp3) is 0.500. The minimum atomic E-state index is 0.0312. The molecular formula is C14H19N3OS. The average Bonchev–Trinajstić information content (AvgIpc) is 3.08. The summed E-state index contributed by atoms with van der Waals surface area (Å²) in [5.74, 6) is 0. The lowest BCUT2D eigenvalue weighted by Gasteiger charge is -2.27.